The van der Waals surface area contributed by atoms with Crippen molar-refractivity contribution in [2.24, 2.45) is 0 Å². The van der Waals surface area contributed by atoms with Crippen LogP contribution in [0.4, 0.5) is 23.1 Å². The van der Waals surface area contributed by atoms with Crippen molar-refractivity contribution in [1.82, 2.24) is 20.2 Å². The van der Waals surface area contributed by atoms with Crippen LogP contribution in [0.2, 0.25) is 0 Å². The van der Waals surface area contributed by atoms with Gasteiger partial charge >= 0.3 is 0 Å². The van der Waals surface area contributed by atoms with Gasteiger partial charge in [0, 0.05) is 51.3 Å². The lowest BCUT2D eigenvalue weighted by Crippen LogP contribution is -2.37. The third-order valence-corrected chi connectivity index (χ3v) is 6.38. The maximum atomic E-state index is 12.5. The molecule has 1 amide bonds. The second-order valence-electron chi connectivity index (χ2n) is 8.10. The van der Waals surface area contributed by atoms with Crippen LogP contribution in [-0.2, 0) is 0 Å². The van der Waals surface area contributed by atoms with Gasteiger partial charge in [-0.1, -0.05) is 7.43 Å². The molecule has 0 saturated carbocycles. The summed E-state index contributed by atoms with van der Waals surface area (Å²) in [5, 5.41) is 14.0. The molecule has 192 valence electrons. The Balaban J connectivity index is 0.00000190. The normalized spacial score (nSPS) is 12.3. The van der Waals surface area contributed by atoms with Gasteiger partial charge in [0.2, 0.25) is 0 Å². The van der Waals surface area contributed by atoms with Gasteiger partial charge in [0.25, 0.3) is 5.91 Å². The molecule has 1 fully saturated rings. The van der Waals surface area contributed by atoms with Crippen LogP contribution in [0.15, 0.2) is 70.7 Å². The van der Waals surface area contributed by atoms with E-state index in [0.717, 1.165) is 35.9 Å². The minimum absolute atomic E-state index is 0. The largest absolute Gasteiger partial charge is 0.497 e. The number of aromatic amines is 1. The van der Waals surface area contributed by atoms with Gasteiger partial charge in [-0.3, -0.25) is 9.89 Å². The molecule has 2 aromatic heterocycles. The van der Waals surface area contributed by atoms with Crippen LogP contribution in [0.3, 0.4) is 0 Å². The van der Waals surface area contributed by atoms with Crippen molar-refractivity contribution in [1.29, 1.82) is 0 Å². The van der Waals surface area contributed by atoms with Crippen LogP contribution in [0.1, 0.15) is 34.2 Å². The first kappa shape index (κ1) is 25.1. The van der Waals surface area contributed by atoms with E-state index in [4.69, 9.17) is 9.72 Å². The summed E-state index contributed by atoms with van der Waals surface area (Å²) in [5.74, 6) is 2.83. The summed E-state index contributed by atoms with van der Waals surface area (Å²) in [6.07, 6.45) is 1.16. The number of carbonyl (C=O) groups is 1. The van der Waals surface area contributed by atoms with Gasteiger partial charge < -0.3 is 20.3 Å². The lowest BCUT2D eigenvalue weighted by Gasteiger charge is -2.32. The second kappa shape index (κ2) is 11.1. The van der Waals surface area contributed by atoms with Crippen molar-refractivity contribution >= 4 is 40.8 Å². The molecule has 3 heterocycles. The summed E-state index contributed by atoms with van der Waals surface area (Å²) < 4.78 is 5.14. The number of carbonyl (C=O) groups excluding carboxylic acids is 1. The summed E-state index contributed by atoms with van der Waals surface area (Å²) >= 11 is 1.47. The van der Waals surface area contributed by atoms with Gasteiger partial charge in [-0.05, 0) is 73.6 Å². The number of hydrogen-bond acceptors (Lipinski definition) is 8. The highest BCUT2D eigenvalue weighted by Crippen LogP contribution is 2.31. The quantitative estimate of drug-likeness (QED) is 0.239. The fraction of sp³-hybridized carbons (Fsp3) is 0.231. The zero-order chi connectivity index (χ0) is 24.2. The number of amides is 1. The Morgan fingerprint density at radius 1 is 1.06 bits per heavy atom. The number of H-pyrrole nitrogens is 1. The minimum Gasteiger partial charge on any atom is -0.497 e. The lowest BCUT2D eigenvalue weighted by molar-refractivity contribution is 0.102. The standard InChI is InChI=1S/C25H25N7O2S.CH4.3H2/c1-16-14-22(31-30-16)27-21-15-23(32-12-3-13-32)29-25(28-21)35-20-10-6-18(7-11-20)26-24(33)17-4-8-19(34-2)9-5-17;;;;/h4-11,14-15H,3,12-13H2,1-2H3,(H,26,33)(H2,27,28,29,30,31);1H4;3*1H. The average molecular weight is 510 g/mol. The van der Waals surface area contributed by atoms with E-state index in [1.807, 2.05) is 43.3 Å². The fourth-order valence-electron chi connectivity index (χ4n) is 3.50. The van der Waals surface area contributed by atoms with Crippen molar-refractivity contribution in [2.45, 2.75) is 30.8 Å². The average Bonchev–Trinajstić information content (AvgIpc) is 3.23. The Hall–Kier alpha value is -4.05. The molecular weight excluding hydrogens is 474 g/mol. The molecule has 36 heavy (non-hydrogen) atoms. The van der Waals surface area contributed by atoms with E-state index < -0.39 is 0 Å². The van der Waals surface area contributed by atoms with Crippen molar-refractivity contribution in [3.8, 4) is 5.75 Å². The molecule has 2 aromatic carbocycles. The van der Waals surface area contributed by atoms with E-state index in [1.54, 1.807) is 31.4 Å². The molecule has 1 aliphatic rings. The number of nitrogens with one attached hydrogen (secondary N) is 3. The maximum Gasteiger partial charge on any atom is 0.255 e. The van der Waals surface area contributed by atoms with Gasteiger partial charge in [-0.2, -0.15) is 5.10 Å². The molecule has 10 heteroatoms. The molecule has 0 bridgehead atoms. The lowest BCUT2D eigenvalue weighted by atomic mass is 10.2. The summed E-state index contributed by atoms with van der Waals surface area (Å²) in [5.41, 5.74) is 2.24. The maximum absolute atomic E-state index is 12.5. The number of benzene rings is 2. The van der Waals surface area contributed by atoms with E-state index >= 15 is 0 Å². The molecule has 0 radical (unpaired) electrons. The summed E-state index contributed by atoms with van der Waals surface area (Å²) in [6.45, 7) is 3.93. The van der Waals surface area contributed by atoms with Crippen LogP contribution >= 0.6 is 11.8 Å². The van der Waals surface area contributed by atoms with Crippen molar-refractivity contribution in [3.63, 3.8) is 0 Å². The SMILES string of the molecule is C.COc1ccc(C(=O)Nc2ccc(Sc3nc(Nc4cc(C)[nH]n4)cc(N4CCC4)n3)cc2)cc1.[HH].[HH].[HH]. The highest BCUT2D eigenvalue weighted by atomic mass is 32.2. The van der Waals surface area contributed by atoms with Crippen LogP contribution < -0.4 is 20.3 Å². The number of methoxy groups -OCH3 is 1. The molecule has 1 saturated heterocycles. The highest BCUT2D eigenvalue weighted by Gasteiger charge is 2.18. The Morgan fingerprint density at radius 2 is 1.81 bits per heavy atom. The topological polar surface area (TPSA) is 108 Å². The number of hydrogen-bond donors (Lipinski definition) is 3. The molecule has 0 unspecified atom stereocenters. The van der Waals surface area contributed by atoms with Crippen LogP contribution in [0.5, 0.6) is 5.75 Å². The van der Waals surface area contributed by atoms with E-state index in [0.29, 0.717) is 33.8 Å². The molecule has 4 aromatic rings. The van der Waals surface area contributed by atoms with Gasteiger partial charge in [0.15, 0.2) is 11.0 Å². The van der Waals surface area contributed by atoms with E-state index in [9.17, 15) is 4.79 Å². The van der Waals surface area contributed by atoms with Crippen LogP contribution in [-0.4, -0.2) is 46.3 Å². The zero-order valence-electron chi connectivity index (χ0n) is 19.4. The first-order chi connectivity index (χ1) is 17.1. The van der Waals surface area contributed by atoms with Crippen molar-refractivity contribution in [3.05, 3.63) is 71.9 Å². The number of rotatable bonds is 8. The molecule has 1 aliphatic heterocycles. The summed E-state index contributed by atoms with van der Waals surface area (Å²) in [6, 6.07) is 18.5. The molecule has 9 nitrogen and oxygen atoms in total. The highest BCUT2D eigenvalue weighted by molar-refractivity contribution is 7.99. The summed E-state index contributed by atoms with van der Waals surface area (Å²) in [4.78, 5) is 25.1. The number of aryl methyl sites for hydroxylation is 1. The second-order valence-corrected chi connectivity index (χ2v) is 9.15. The van der Waals surface area contributed by atoms with Gasteiger partial charge in [0.05, 0.1) is 7.11 Å². The smallest absolute Gasteiger partial charge is 0.255 e. The number of aromatic nitrogens is 4. The Kier molecular flexibility index (Phi) is 7.74. The number of nitrogens with zero attached hydrogens (tertiary/aromatic N) is 4. The van der Waals surface area contributed by atoms with E-state index in [1.165, 1.54) is 11.8 Å². The Morgan fingerprint density at radius 3 is 2.42 bits per heavy atom. The zero-order valence-corrected chi connectivity index (χ0v) is 20.2. The monoisotopic (exact) mass is 509 g/mol. The van der Waals surface area contributed by atoms with Gasteiger partial charge in [-0.15, -0.1) is 0 Å². The first-order valence-electron chi connectivity index (χ1n) is 11.2. The minimum atomic E-state index is -0.178. The predicted molar refractivity (Wildman–Crippen MR) is 150 cm³/mol. The first-order valence-corrected chi connectivity index (χ1v) is 12.0. The molecule has 0 spiro atoms. The van der Waals surface area contributed by atoms with Crippen molar-refractivity contribution < 1.29 is 13.8 Å². The third kappa shape index (κ3) is 5.95. The predicted octanol–water partition coefficient (Wildman–Crippen LogP) is 6.25. The van der Waals surface area contributed by atoms with E-state index in [2.05, 4.69) is 30.7 Å². The summed E-state index contributed by atoms with van der Waals surface area (Å²) in [7, 11) is 1.60. The number of anilines is 4. The van der Waals surface area contributed by atoms with Crippen molar-refractivity contribution in [2.75, 3.05) is 35.7 Å². The Bertz CT molecular complexity index is 1330. The molecule has 5 rings (SSSR count). The van der Waals surface area contributed by atoms with Crippen LogP contribution in [0.25, 0.3) is 0 Å². The van der Waals surface area contributed by atoms with Gasteiger partial charge in [0.1, 0.15) is 17.4 Å². The fourth-order valence-corrected chi connectivity index (χ4v) is 4.27. The molecule has 0 aliphatic carbocycles. The number of ether oxygens (including phenoxy) is 1. The molecule has 0 atom stereocenters. The van der Waals surface area contributed by atoms with Gasteiger partial charge in [-0.25, -0.2) is 9.97 Å². The molecular formula is C26H35N7O2S. The third-order valence-electron chi connectivity index (χ3n) is 5.51. The van der Waals surface area contributed by atoms with E-state index in [-0.39, 0.29) is 17.6 Å². The van der Waals surface area contributed by atoms with Crippen LogP contribution in [0, 0.1) is 6.92 Å². The Labute approximate surface area is 219 Å². The molecule has 3 N–H and O–H groups in total.